The van der Waals surface area contributed by atoms with Crippen molar-refractivity contribution in [1.82, 2.24) is 29.7 Å². The number of hydrogen-bond donors (Lipinski definition) is 1. The summed E-state index contributed by atoms with van der Waals surface area (Å²) in [5.41, 5.74) is 2.65. The predicted molar refractivity (Wildman–Crippen MR) is 99.9 cm³/mol. The van der Waals surface area contributed by atoms with Crippen molar-refractivity contribution in [3.05, 3.63) is 72.8 Å². The number of pyridine rings is 1. The van der Waals surface area contributed by atoms with Gasteiger partial charge in [-0.3, -0.25) is 4.98 Å². The average molecular weight is 396 g/mol. The van der Waals surface area contributed by atoms with Gasteiger partial charge in [0, 0.05) is 18.7 Å². The molecule has 1 aromatic carbocycles. The first-order chi connectivity index (χ1) is 13.5. The van der Waals surface area contributed by atoms with Crippen LogP contribution in [0.3, 0.4) is 0 Å². The minimum absolute atomic E-state index is 0.0207. The Morgan fingerprint density at radius 3 is 2.68 bits per heavy atom. The average Bonchev–Trinajstić information content (AvgIpc) is 3.36. The van der Waals surface area contributed by atoms with Gasteiger partial charge in [-0.25, -0.2) is 22.8 Å². The molecule has 9 nitrogen and oxygen atoms in total. The van der Waals surface area contributed by atoms with Crippen molar-refractivity contribution in [2.75, 3.05) is 0 Å². The van der Waals surface area contributed by atoms with Crippen LogP contribution in [0.4, 0.5) is 0 Å². The zero-order valence-corrected chi connectivity index (χ0v) is 15.7. The van der Waals surface area contributed by atoms with Gasteiger partial charge in [-0.1, -0.05) is 17.3 Å². The summed E-state index contributed by atoms with van der Waals surface area (Å²) in [7, 11) is -3.69. The lowest BCUT2D eigenvalue weighted by Gasteiger charge is -2.05. The Morgan fingerprint density at radius 1 is 1.18 bits per heavy atom. The number of nitrogens with one attached hydrogen (secondary N) is 1. The number of aryl methyl sites for hydroxylation is 1. The summed E-state index contributed by atoms with van der Waals surface area (Å²) in [6, 6.07) is 10.0. The molecule has 0 fully saturated rings. The number of aromatic nitrogens is 5. The highest BCUT2D eigenvalue weighted by molar-refractivity contribution is 7.89. The quantitative estimate of drug-likeness (QED) is 0.530. The van der Waals surface area contributed by atoms with E-state index in [1.165, 1.54) is 23.1 Å². The molecule has 142 valence electrons. The highest BCUT2D eigenvalue weighted by atomic mass is 32.2. The minimum atomic E-state index is -3.69. The monoisotopic (exact) mass is 396 g/mol. The van der Waals surface area contributed by atoms with E-state index in [9.17, 15) is 8.42 Å². The third kappa shape index (κ3) is 3.82. The fourth-order valence-corrected chi connectivity index (χ4v) is 3.55. The molecule has 0 saturated carbocycles. The van der Waals surface area contributed by atoms with Crippen LogP contribution in [0.1, 0.15) is 11.6 Å². The van der Waals surface area contributed by atoms with E-state index in [4.69, 9.17) is 4.42 Å². The molecule has 0 unspecified atom stereocenters. The first-order valence-corrected chi connectivity index (χ1v) is 9.83. The van der Waals surface area contributed by atoms with Crippen molar-refractivity contribution in [1.29, 1.82) is 0 Å². The molecule has 0 aliphatic heterocycles. The number of benzene rings is 1. The maximum absolute atomic E-state index is 12.5. The molecule has 0 saturated heterocycles. The highest BCUT2D eigenvalue weighted by Gasteiger charge is 2.15. The molecule has 3 aromatic heterocycles. The van der Waals surface area contributed by atoms with Gasteiger partial charge in [0.25, 0.3) is 0 Å². The van der Waals surface area contributed by atoms with Crippen molar-refractivity contribution < 1.29 is 12.8 Å². The molecule has 0 spiro atoms. The summed E-state index contributed by atoms with van der Waals surface area (Å²) in [5, 5.41) is 7.97. The van der Waals surface area contributed by atoms with Crippen LogP contribution in [-0.4, -0.2) is 33.4 Å². The number of sulfonamides is 1. The number of oxazole rings is 1. The Kier molecular flexibility index (Phi) is 4.72. The number of hydrogen-bond acceptors (Lipinski definition) is 7. The second kappa shape index (κ2) is 7.33. The minimum Gasteiger partial charge on any atom is -0.449 e. The molecule has 0 radical (unpaired) electrons. The molecule has 4 aromatic rings. The SMILES string of the molecule is Cc1nc(-c2ccc(S(=O)(=O)NCc3cn(-c4cccnc4)nn3)cc2)co1. The summed E-state index contributed by atoms with van der Waals surface area (Å²) in [6.07, 6.45) is 6.48. The van der Waals surface area contributed by atoms with E-state index >= 15 is 0 Å². The van der Waals surface area contributed by atoms with E-state index < -0.39 is 10.0 Å². The maximum atomic E-state index is 12.5. The van der Waals surface area contributed by atoms with Gasteiger partial charge in [0.1, 0.15) is 12.0 Å². The van der Waals surface area contributed by atoms with Gasteiger partial charge in [0.2, 0.25) is 10.0 Å². The Labute approximate surface area is 161 Å². The van der Waals surface area contributed by atoms with Crippen LogP contribution in [0.2, 0.25) is 0 Å². The molecule has 3 heterocycles. The molecule has 0 amide bonds. The lowest BCUT2D eigenvalue weighted by Crippen LogP contribution is -2.23. The fourth-order valence-electron chi connectivity index (χ4n) is 2.55. The molecule has 1 N–H and O–H groups in total. The highest BCUT2D eigenvalue weighted by Crippen LogP contribution is 2.20. The topological polar surface area (TPSA) is 116 Å². The van der Waals surface area contributed by atoms with Crippen molar-refractivity contribution in [3.63, 3.8) is 0 Å². The van der Waals surface area contributed by atoms with E-state index in [1.54, 1.807) is 43.7 Å². The Hall–Kier alpha value is -3.37. The van der Waals surface area contributed by atoms with Gasteiger partial charge in [0.15, 0.2) is 5.89 Å². The van der Waals surface area contributed by atoms with Crippen LogP contribution in [0, 0.1) is 6.92 Å². The van der Waals surface area contributed by atoms with E-state index in [2.05, 4.69) is 25.0 Å². The Bertz CT molecular complexity index is 1180. The fraction of sp³-hybridized carbons (Fsp3) is 0.111. The first kappa shape index (κ1) is 18.0. The molecular weight excluding hydrogens is 380 g/mol. The van der Waals surface area contributed by atoms with E-state index in [0.29, 0.717) is 17.3 Å². The lowest BCUT2D eigenvalue weighted by molar-refractivity contribution is 0.521. The summed E-state index contributed by atoms with van der Waals surface area (Å²) in [5.74, 6) is 0.549. The zero-order valence-electron chi connectivity index (χ0n) is 14.8. The molecule has 4 rings (SSSR count). The van der Waals surface area contributed by atoms with Crippen molar-refractivity contribution in [2.24, 2.45) is 0 Å². The normalized spacial score (nSPS) is 11.6. The predicted octanol–water partition coefficient (Wildman–Crippen LogP) is 2.10. The second-order valence-corrected chi connectivity index (χ2v) is 7.73. The molecule has 0 aliphatic carbocycles. The smallest absolute Gasteiger partial charge is 0.240 e. The summed E-state index contributed by atoms with van der Waals surface area (Å²) >= 11 is 0. The number of nitrogens with zero attached hydrogens (tertiary/aromatic N) is 5. The maximum Gasteiger partial charge on any atom is 0.240 e. The number of rotatable bonds is 6. The summed E-state index contributed by atoms with van der Waals surface area (Å²) < 4.78 is 34.3. The van der Waals surface area contributed by atoms with E-state index in [1.807, 2.05) is 6.07 Å². The molecule has 10 heteroatoms. The molecule has 0 atom stereocenters. The van der Waals surface area contributed by atoms with Gasteiger partial charge < -0.3 is 4.42 Å². The van der Waals surface area contributed by atoms with Crippen LogP contribution in [-0.2, 0) is 16.6 Å². The van der Waals surface area contributed by atoms with Crippen molar-refractivity contribution in [2.45, 2.75) is 18.4 Å². The largest absolute Gasteiger partial charge is 0.449 e. The van der Waals surface area contributed by atoms with Gasteiger partial charge in [-0.2, -0.15) is 0 Å². The summed E-state index contributed by atoms with van der Waals surface area (Å²) in [4.78, 5) is 8.39. The van der Waals surface area contributed by atoms with Crippen molar-refractivity contribution in [3.8, 4) is 16.9 Å². The third-order valence-corrected chi connectivity index (χ3v) is 5.39. The van der Waals surface area contributed by atoms with Gasteiger partial charge >= 0.3 is 0 Å². The second-order valence-electron chi connectivity index (χ2n) is 5.97. The van der Waals surface area contributed by atoms with Gasteiger partial charge in [-0.15, -0.1) is 5.10 Å². The van der Waals surface area contributed by atoms with E-state index in [-0.39, 0.29) is 11.4 Å². The molecular formula is C18H16N6O3S. The molecule has 0 bridgehead atoms. The molecule has 0 aliphatic rings. The zero-order chi connectivity index (χ0) is 19.6. The van der Waals surface area contributed by atoms with Crippen LogP contribution in [0.25, 0.3) is 16.9 Å². The first-order valence-electron chi connectivity index (χ1n) is 8.35. The Balaban J connectivity index is 1.45. The van der Waals surface area contributed by atoms with Crippen LogP contribution in [0.15, 0.2) is 70.6 Å². The van der Waals surface area contributed by atoms with Gasteiger partial charge in [-0.05, 0) is 24.3 Å². The third-order valence-electron chi connectivity index (χ3n) is 3.97. The van der Waals surface area contributed by atoms with Gasteiger partial charge in [0.05, 0.1) is 35.2 Å². The van der Waals surface area contributed by atoms with Crippen LogP contribution in [0.5, 0.6) is 0 Å². The van der Waals surface area contributed by atoms with Crippen LogP contribution < -0.4 is 4.72 Å². The van der Waals surface area contributed by atoms with E-state index in [0.717, 1.165) is 11.3 Å². The summed E-state index contributed by atoms with van der Waals surface area (Å²) in [6.45, 7) is 1.77. The van der Waals surface area contributed by atoms with Crippen LogP contribution >= 0.6 is 0 Å². The Morgan fingerprint density at radius 2 is 2.00 bits per heavy atom. The lowest BCUT2D eigenvalue weighted by atomic mass is 10.2. The molecule has 28 heavy (non-hydrogen) atoms. The van der Waals surface area contributed by atoms with Crippen molar-refractivity contribution >= 4 is 10.0 Å². The standard InChI is InChI=1S/C18H16N6O3S/c1-13-21-18(12-27-13)14-4-6-17(7-5-14)28(25,26)20-9-15-11-24(23-22-15)16-3-2-8-19-10-16/h2-8,10-12,20H,9H2,1H3.